The van der Waals surface area contributed by atoms with Gasteiger partial charge in [-0.3, -0.25) is 0 Å². The standard InChI is InChI=1S/C25H36N2O4S2/c1-17-10-12-24(13-11-17)33(30,31)27-16-8-7-9-23(27)14-15-26-32(28,29)25-21(5)19(3)18(2)20(4)22(25)6/h10-13,23,26H,7-9,14-16H2,1-6H3. The third-order valence-electron chi connectivity index (χ3n) is 7.17. The molecule has 1 aliphatic rings. The predicted octanol–water partition coefficient (Wildman–Crippen LogP) is 4.45. The fourth-order valence-electron chi connectivity index (χ4n) is 4.73. The average molecular weight is 493 g/mol. The zero-order chi connectivity index (χ0) is 24.6. The number of aryl methyl sites for hydroxylation is 1. The van der Waals surface area contributed by atoms with Crippen molar-refractivity contribution in [3.05, 3.63) is 57.6 Å². The lowest BCUT2D eigenvalue weighted by molar-refractivity contribution is 0.242. The molecule has 8 heteroatoms. The van der Waals surface area contributed by atoms with Gasteiger partial charge >= 0.3 is 0 Å². The van der Waals surface area contributed by atoms with E-state index in [4.69, 9.17) is 0 Å². The van der Waals surface area contributed by atoms with Crippen molar-refractivity contribution < 1.29 is 16.8 Å². The average Bonchev–Trinajstić information content (AvgIpc) is 2.76. The van der Waals surface area contributed by atoms with Crippen LogP contribution >= 0.6 is 0 Å². The smallest absolute Gasteiger partial charge is 0.211 e. The van der Waals surface area contributed by atoms with E-state index in [2.05, 4.69) is 4.72 Å². The molecule has 1 unspecified atom stereocenters. The molecular weight excluding hydrogens is 456 g/mol. The third kappa shape index (κ3) is 5.19. The highest BCUT2D eigenvalue weighted by Gasteiger charge is 2.33. The summed E-state index contributed by atoms with van der Waals surface area (Å²) in [5.74, 6) is 0. The van der Waals surface area contributed by atoms with Crippen LogP contribution in [-0.2, 0) is 20.0 Å². The van der Waals surface area contributed by atoms with Crippen molar-refractivity contribution in [1.82, 2.24) is 9.03 Å². The molecule has 0 radical (unpaired) electrons. The van der Waals surface area contributed by atoms with Gasteiger partial charge in [0.1, 0.15) is 0 Å². The largest absolute Gasteiger partial charge is 0.243 e. The highest BCUT2D eigenvalue weighted by atomic mass is 32.2. The molecule has 2 aromatic rings. The van der Waals surface area contributed by atoms with E-state index >= 15 is 0 Å². The van der Waals surface area contributed by atoms with Crippen LogP contribution in [0.1, 0.15) is 59.1 Å². The maximum Gasteiger partial charge on any atom is 0.243 e. The maximum atomic E-state index is 13.3. The minimum Gasteiger partial charge on any atom is -0.211 e. The second-order valence-electron chi connectivity index (χ2n) is 9.22. The molecular formula is C25H36N2O4S2. The van der Waals surface area contributed by atoms with Gasteiger partial charge in [0.2, 0.25) is 20.0 Å². The Morgan fingerprint density at radius 3 is 1.94 bits per heavy atom. The summed E-state index contributed by atoms with van der Waals surface area (Å²) >= 11 is 0. The molecule has 0 aromatic heterocycles. The van der Waals surface area contributed by atoms with Crippen LogP contribution in [0.25, 0.3) is 0 Å². The maximum absolute atomic E-state index is 13.3. The van der Waals surface area contributed by atoms with Crippen LogP contribution in [0.5, 0.6) is 0 Å². The van der Waals surface area contributed by atoms with E-state index in [9.17, 15) is 16.8 Å². The van der Waals surface area contributed by atoms with Gasteiger partial charge in [-0.2, -0.15) is 4.31 Å². The van der Waals surface area contributed by atoms with Gasteiger partial charge in [-0.15, -0.1) is 0 Å². The Bertz CT molecular complexity index is 1210. The minimum absolute atomic E-state index is 0.192. The summed E-state index contributed by atoms with van der Waals surface area (Å²) in [6, 6.07) is 6.67. The van der Waals surface area contributed by atoms with Crippen LogP contribution in [0.2, 0.25) is 0 Å². The molecule has 0 aliphatic carbocycles. The van der Waals surface area contributed by atoms with Gasteiger partial charge in [0, 0.05) is 19.1 Å². The highest BCUT2D eigenvalue weighted by Crippen LogP contribution is 2.30. The molecule has 1 heterocycles. The van der Waals surface area contributed by atoms with E-state index < -0.39 is 20.0 Å². The van der Waals surface area contributed by atoms with E-state index in [-0.39, 0.29) is 17.5 Å². The summed E-state index contributed by atoms with van der Waals surface area (Å²) in [6.07, 6.45) is 2.92. The number of nitrogens with one attached hydrogen (secondary N) is 1. The first kappa shape index (κ1) is 25.9. The van der Waals surface area contributed by atoms with Crippen molar-refractivity contribution in [2.24, 2.45) is 0 Å². The highest BCUT2D eigenvalue weighted by molar-refractivity contribution is 7.89. The van der Waals surface area contributed by atoms with Crippen molar-refractivity contribution in [2.75, 3.05) is 13.1 Å². The summed E-state index contributed by atoms with van der Waals surface area (Å²) in [5.41, 5.74) is 5.63. The van der Waals surface area contributed by atoms with E-state index in [0.29, 0.717) is 17.9 Å². The van der Waals surface area contributed by atoms with E-state index in [0.717, 1.165) is 52.6 Å². The SMILES string of the molecule is Cc1ccc(S(=O)(=O)N2CCCCC2CCNS(=O)(=O)c2c(C)c(C)c(C)c(C)c2C)cc1. The van der Waals surface area contributed by atoms with Crippen LogP contribution < -0.4 is 4.72 Å². The Balaban J connectivity index is 1.78. The van der Waals surface area contributed by atoms with Crippen LogP contribution in [0.3, 0.4) is 0 Å². The third-order valence-corrected chi connectivity index (χ3v) is 10.9. The lowest BCUT2D eigenvalue weighted by Crippen LogP contribution is -2.45. The molecule has 0 saturated carbocycles. The molecule has 3 rings (SSSR count). The van der Waals surface area contributed by atoms with Gasteiger partial charge in [-0.25, -0.2) is 21.6 Å². The Hall–Kier alpha value is -1.74. The first-order valence-electron chi connectivity index (χ1n) is 11.5. The topological polar surface area (TPSA) is 83.6 Å². The predicted molar refractivity (Wildman–Crippen MR) is 133 cm³/mol. The molecule has 1 aliphatic heterocycles. The second-order valence-corrected chi connectivity index (χ2v) is 12.8. The molecule has 0 spiro atoms. The molecule has 1 N–H and O–H groups in total. The fraction of sp³-hybridized carbons (Fsp3) is 0.520. The Morgan fingerprint density at radius 1 is 0.818 bits per heavy atom. The van der Waals surface area contributed by atoms with Gasteiger partial charge in [-0.1, -0.05) is 24.1 Å². The summed E-state index contributed by atoms with van der Waals surface area (Å²) in [7, 11) is -7.33. The van der Waals surface area contributed by atoms with Crippen LogP contribution in [0.15, 0.2) is 34.1 Å². The Kier molecular flexibility index (Phi) is 7.73. The zero-order valence-electron chi connectivity index (χ0n) is 20.5. The van der Waals surface area contributed by atoms with Gasteiger partial charge in [0.15, 0.2) is 0 Å². The summed E-state index contributed by atoms with van der Waals surface area (Å²) < 4.78 is 57.3. The number of hydrogen-bond acceptors (Lipinski definition) is 4. The van der Waals surface area contributed by atoms with E-state index in [1.807, 2.05) is 41.5 Å². The van der Waals surface area contributed by atoms with Crippen molar-refractivity contribution >= 4 is 20.0 Å². The lowest BCUT2D eigenvalue weighted by atomic mass is 9.95. The Labute approximate surface area is 199 Å². The van der Waals surface area contributed by atoms with Gasteiger partial charge in [0.25, 0.3) is 0 Å². The first-order chi connectivity index (χ1) is 15.4. The van der Waals surface area contributed by atoms with Crippen LogP contribution in [0, 0.1) is 41.5 Å². The van der Waals surface area contributed by atoms with Crippen molar-refractivity contribution in [3.63, 3.8) is 0 Å². The van der Waals surface area contributed by atoms with Gasteiger partial charge < -0.3 is 0 Å². The molecule has 182 valence electrons. The summed E-state index contributed by atoms with van der Waals surface area (Å²) in [6.45, 7) is 12.2. The van der Waals surface area contributed by atoms with Crippen molar-refractivity contribution in [2.45, 2.75) is 83.1 Å². The van der Waals surface area contributed by atoms with E-state index in [1.165, 1.54) is 0 Å². The van der Waals surface area contributed by atoms with Gasteiger partial charge in [0.05, 0.1) is 9.79 Å². The molecule has 33 heavy (non-hydrogen) atoms. The van der Waals surface area contributed by atoms with Gasteiger partial charge in [-0.05, 0) is 101 Å². The summed E-state index contributed by atoms with van der Waals surface area (Å²) in [4.78, 5) is 0.633. The van der Waals surface area contributed by atoms with Crippen LogP contribution in [0.4, 0.5) is 0 Å². The number of benzene rings is 2. The molecule has 1 atom stereocenters. The number of piperidine rings is 1. The molecule has 1 fully saturated rings. The number of rotatable bonds is 7. The number of sulfonamides is 2. The Morgan fingerprint density at radius 2 is 1.36 bits per heavy atom. The van der Waals surface area contributed by atoms with E-state index in [1.54, 1.807) is 28.6 Å². The normalized spacial score (nSPS) is 17.9. The number of hydrogen-bond donors (Lipinski definition) is 1. The van der Waals surface area contributed by atoms with Crippen LogP contribution in [-0.4, -0.2) is 40.3 Å². The molecule has 0 bridgehead atoms. The van der Waals surface area contributed by atoms with Crippen molar-refractivity contribution in [1.29, 1.82) is 0 Å². The summed E-state index contributed by atoms with van der Waals surface area (Å²) in [5, 5.41) is 0. The number of nitrogens with zero attached hydrogens (tertiary/aromatic N) is 1. The monoisotopic (exact) mass is 492 g/mol. The molecule has 0 amide bonds. The first-order valence-corrected chi connectivity index (χ1v) is 14.5. The quantitative estimate of drug-likeness (QED) is 0.619. The second kappa shape index (κ2) is 9.86. The molecule has 2 aromatic carbocycles. The lowest BCUT2D eigenvalue weighted by Gasteiger charge is -2.34. The molecule has 1 saturated heterocycles. The zero-order valence-corrected chi connectivity index (χ0v) is 22.2. The van der Waals surface area contributed by atoms with Crippen molar-refractivity contribution in [3.8, 4) is 0 Å². The molecule has 6 nitrogen and oxygen atoms in total. The minimum atomic E-state index is -3.71. The fourth-order valence-corrected chi connectivity index (χ4v) is 8.09.